The zero-order chi connectivity index (χ0) is 24.3. The number of hydrogen-bond acceptors (Lipinski definition) is 3. The minimum absolute atomic E-state index is 0.0193. The van der Waals surface area contributed by atoms with Crippen LogP contribution in [0.2, 0.25) is 0 Å². The van der Waals surface area contributed by atoms with Crippen molar-refractivity contribution < 1.29 is 9.90 Å². The summed E-state index contributed by atoms with van der Waals surface area (Å²) in [5.41, 5.74) is 6.04. The highest BCUT2D eigenvalue weighted by molar-refractivity contribution is 6.01. The molecule has 0 radical (unpaired) electrons. The molecular weight excluding hydrogens is 410 g/mol. The number of aliphatic hydroxyl groups excluding tert-OH is 1. The average Bonchev–Trinajstić information content (AvgIpc) is 3.18. The predicted octanol–water partition coefficient (Wildman–Crippen LogP) is 4.81. The van der Waals surface area contributed by atoms with E-state index < -0.39 is 0 Å². The Morgan fingerprint density at radius 1 is 1.27 bits per heavy atom. The van der Waals surface area contributed by atoms with Crippen molar-refractivity contribution >= 4 is 22.5 Å². The lowest BCUT2D eigenvalue weighted by atomic mass is 9.57. The fourth-order valence-electron chi connectivity index (χ4n) is 6.22. The number of anilines is 1. The molecule has 2 heterocycles. The number of aliphatic hydroxyl groups is 1. The van der Waals surface area contributed by atoms with Crippen LogP contribution < -0.4 is 10.2 Å². The number of likely N-dealkylation sites (N-methyl/N-ethyl adjacent to an activating group) is 1. The van der Waals surface area contributed by atoms with Crippen molar-refractivity contribution in [1.29, 1.82) is 0 Å². The van der Waals surface area contributed by atoms with Crippen molar-refractivity contribution in [2.75, 3.05) is 18.6 Å². The molecule has 2 aromatic rings. The van der Waals surface area contributed by atoms with Gasteiger partial charge in [0.2, 0.25) is 5.91 Å². The van der Waals surface area contributed by atoms with E-state index in [9.17, 15) is 9.90 Å². The summed E-state index contributed by atoms with van der Waals surface area (Å²) in [7, 11) is 2.05. The van der Waals surface area contributed by atoms with Crippen LogP contribution in [0.3, 0.4) is 0 Å². The number of aromatic amines is 1. The summed E-state index contributed by atoms with van der Waals surface area (Å²) < 4.78 is 0. The van der Waals surface area contributed by atoms with Crippen molar-refractivity contribution in [3.05, 3.63) is 41.6 Å². The molecule has 0 spiro atoms. The number of aromatic nitrogens is 1. The van der Waals surface area contributed by atoms with E-state index >= 15 is 0 Å². The van der Waals surface area contributed by atoms with Gasteiger partial charge in [0.15, 0.2) is 0 Å². The van der Waals surface area contributed by atoms with E-state index in [-0.39, 0.29) is 41.3 Å². The molecule has 5 heteroatoms. The third-order valence-corrected chi connectivity index (χ3v) is 8.82. The van der Waals surface area contributed by atoms with Crippen molar-refractivity contribution in [2.45, 2.75) is 83.7 Å². The van der Waals surface area contributed by atoms with E-state index in [2.05, 4.69) is 81.7 Å². The standard InChI is InChI=1S/C28H41N3O2/c1-9-27(6)10-11-28(7,17(4)5)20-13-21-22-18(14-29-24(22)23(20)27)12-19(15-32)30-26(33)25(16(2)3)31(21)8/h9,13-14,16-17,19,25,29,32H,1,10-12,15H2,2-8H3,(H,30,33)/t19-,25-,27-,28-/m1/s1. The Bertz CT molecular complexity index is 1080. The molecule has 1 aromatic heterocycles. The molecule has 0 bridgehead atoms. The average molecular weight is 452 g/mol. The van der Waals surface area contributed by atoms with Gasteiger partial charge in [0.05, 0.1) is 18.2 Å². The first kappa shape index (κ1) is 23.9. The monoisotopic (exact) mass is 451 g/mol. The Hall–Kier alpha value is -2.27. The topological polar surface area (TPSA) is 68.4 Å². The minimum Gasteiger partial charge on any atom is -0.394 e. The second-order valence-corrected chi connectivity index (χ2v) is 11.5. The van der Waals surface area contributed by atoms with E-state index in [0.717, 1.165) is 29.6 Å². The van der Waals surface area contributed by atoms with Gasteiger partial charge < -0.3 is 20.3 Å². The van der Waals surface area contributed by atoms with Crippen LogP contribution in [0.15, 0.2) is 24.9 Å². The number of nitrogens with one attached hydrogen (secondary N) is 2. The highest BCUT2D eigenvalue weighted by Crippen LogP contribution is 2.54. The molecule has 1 aliphatic carbocycles. The number of rotatable bonds is 4. The number of allylic oxidation sites excluding steroid dienone is 1. The second-order valence-electron chi connectivity index (χ2n) is 11.5. The second kappa shape index (κ2) is 8.19. The van der Waals surface area contributed by atoms with Gasteiger partial charge >= 0.3 is 0 Å². The number of fused-ring (bicyclic) bond motifs is 2. The van der Waals surface area contributed by atoms with Crippen LogP contribution in [0.25, 0.3) is 10.9 Å². The van der Waals surface area contributed by atoms with Crippen molar-refractivity contribution in [2.24, 2.45) is 11.8 Å². The Balaban J connectivity index is 2.11. The molecule has 180 valence electrons. The lowest BCUT2D eigenvalue weighted by Gasteiger charge is -2.47. The zero-order valence-corrected chi connectivity index (χ0v) is 21.4. The lowest BCUT2D eigenvalue weighted by molar-refractivity contribution is -0.124. The predicted molar refractivity (Wildman–Crippen MR) is 137 cm³/mol. The quantitative estimate of drug-likeness (QED) is 0.584. The minimum atomic E-state index is -0.319. The van der Waals surface area contributed by atoms with Gasteiger partial charge in [0, 0.05) is 29.7 Å². The molecule has 5 nitrogen and oxygen atoms in total. The zero-order valence-electron chi connectivity index (χ0n) is 21.4. The van der Waals surface area contributed by atoms with Gasteiger partial charge in [-0.2, -0.15) is 0 Å². The third-order valence-electron chi connectivity index (χ3n) is 8.82. The van der Waals surface area contributed by atoms with E-state index in [1.807, 2.05) is 7.05 Å². The molecule has 4 atom stereocenters. The van der Waals surface area contributed by atoms with Crippen LogP contribution in [-0.4, -0.2) is 41.7 Å². The van der Waals surface area contributed by atoms with E-state index in [1.54, 1.807) is 0 Å². The number of nitrogens with zero attached hydrogens (tertiary/aromatic N) is 1. The molecule has 0 saturated heterocycles. The van der Waals surface area contributed by atoms with E-state index in [0.29, 0.717) is 12.3 Å². The third kappa shape index (κ3) is 3.51. The normalized spacial score (nSPS) is 30.1. The van der Waals surface area contributed by atoms with Gasteiger partial charge in [-0.25, -0.2) is 0 Å². The molecule has 0 unspecified atom stereocenters. The Morgan fingerprint density at radius 3 is 2.55 bits per heavy atom. The summed E-state index contributed by atoms with van der Waals surface area (Å²) in [5.74, 6) is 0.583. The fraction of sp³-hybridized carbons (Fsp3) is 0.607. The maximum absolute atomic E-state index is 13.3. The first-order valence-corrected chi connectivity index (χ1v) is 12.4. The smallest absolute Gasteiger partial charge is 0.243 e. The van der Waals surface area contributed by atoms with Gasteiger partial charge in [0.25, 0.3) is 0 Å². The Labute approximate surface area is 198 Å². The summed E-state index contributed by atoms with van der Waals surface area (Å²) in [6.45, 7) is 17.7. The molecule has 1 amide bonds. The maximum atomic E-state index is 13.3. The lowest BCUT2D eigenvalue weighted by Crippen LogP contribution is -2.52. The van der Waals surface area contributed by atoms with Gasteiger partial charge in [-0.3, -0.25) is 4.79 Å². The van der Waals surface area contributed by atoms with E-state index in [4.69, 9.17) is 0 Å². The SMILES string of the molecule is C=C[C@]1(C)CC[C@](C)(C(C)C)c2cc3c4c(c[nH]c4c21)C[C@H](CO)NC(=O)[C@@H](C(C)C)N3C. The summed E-state index contributed by atoms with van der Waals surface area (Å²) >= 11 is 0. The fourth-order valence-corrected chi connectivity index (χ4v) is 6.22. The number of carbonyl (C=O) groups excluding carboxylic acids is 1. The van der Waals surface area contributed by atoms with Gasteiger partial charge in [-0.05, 0) is 59.3 Å². The van der Waals surface area contributed by atoms with Crippen LogP contribution in [-0.2, 0) is 22.0 Å². The van der Waals surface area contributed by atoms with Crippen LogP contribution in [0.5, 0.6) is 0 Å². The Kier molecular flexibility index (Phi) is 5.93. The summed E-state index contributed by atoms with van der Waals surface area (Å²) in [5, 5.41) is 14.3. The maximum Gasteiger partial charge on any atom is 0.243 e. The van der Waals surface area contributed by atoms with Gasteiger partial charge in [0.1, 0.15) is 6.04 Å². The number of H-pyrrole nitrogens is 1. The number of benzene rings is 1. The van der Waals surface area contributed by atoms with Crippen LogP contribution in [0, 0.1) is 11.8 Å². The number of amides is 1. The molecule has 1 aliphatic heterocycles. The van der Waals surface area contributed by atoms with Crippen LogP contribution in [0.1, 0.15) is 71.1 Å². The highest BCUT2D eigenvalue weighted by Gasteiger charge is 2.45. The molecular formula is C28H41N3O2. The highest BCUT2D eigenvalue weighted by atomic mass is 16.3. The molecule has 0 fully saturated rings. The van der Waals surface area contributed by atoms with Gasteiger partial charge in [-0.15, -0.1) is 6.58 Å². The van der Waals surface area contributed by atoms with Crippen molar-refractivity contribution in [3.63, 3.8) is 0 Å². The largest absolute Gasteiger partial charge is 0.394 e. The first-order chi connectivity index (χ1) is 15.5. The first-order valence-electron chi connectivity index (χ1n) is 12.4. The summed E-state index contributed by atoms with van der Waals surface area (Å²) in [6.07, 6.45) is 6.95. The van der Waals surface area contributed by atoms with Crippen molar-refractivity contribution in [3.8, 4) is 0 Å². The molecule has 3 N–H and O–H groups in total. The molecule has 0 saturated carbocycles. The Morgan fingerprint density at radius 2 is 1.97 bits per heavy atom. The molecule has 1 aromatic carbocycles. The number of carbonyl (C=O) groups is 1. The van der Waals surface area contributed by atoms with Gasteiger partial charge in [-0.1, -0.05) is 47.6 Å². The molecule has 33 heavy (non-hydrogen) atoms. The van der Waals surface area contributed by atoms with E-state index in [1.165, 1.54) is 16.5 Å². The summed E-state index contributed by atoms with van der Waals surface area (Å²) in [6, 6.07) is 1.75. The summed E-state index contributed by atoms with van der Waals surface area (Å²) in [4.78, 5) is 19.1. The molecule has 2 aliphatic rings. The van der Waals surface area contributed by atoms with Crippen molar-refractivity contribution in [1.82, 2.24) is 10.3 Å². The van der Waals surface area contributed by atoms with Crippen LogP contribution in [0.4, 0.5) is 5.69 Å². The molecule has 4 rings (SSSR count). The van der Waals surface area contributed by atoms with Crippen LogP contribution >= 0.6 is 0 Å². The number of hydrogen-bond donors (Lipinski definition) is 3.